The Labute approximate surface area is 161 Å². The predicted octanol–water partition coefficient (Wildman–Crippen LogP) is 5.56. The van der Waals surface area contributed by atoms with Crippen LogP contribution in [-0.2, 0) is 10.2 Å². The van der Waals surface area contributed by atoms with E-state index in [4.69, 9.17) is 0 Å². The van der Waals surface area contributed by atoms with Gasteiger partial charge in [-0.25, -0.2) is 0 Å². The number of hydrogen-bond acceptors (Lipinski definition) is 1. The lowest BCUT2D eigenvalue weighted by atomic mass is 9.85. The molecule has 1 fully saturated rings. The average molecular weight is 355 g/mol. The van der Waals surface area contributed by atoms with Gasteiger partial charge in [0, 0.05) is 11.1 Å². The number of nitrogens with one attached hydrogen (secondary N) is 1. The molecule has 0 aromatic heterocycles. The van der Waals surface area contributed by atoms with E-state index in [2.05, 4.69) is 86.8 Å². The first-order valence-corrected chi connectivity index (χ1v) is 9.52. The molecule has 1 amide bonds. The van der Waals surface area contributed by atoms with E-state index in [1.54, 1.807) is 0 Å². The van der Waals surface area contributed by atoms with Crippen molar-refractivity contribution >= 4 is 11.6 Å². The molecule has 0 bridgehead atoms. The van der Waals surface area contributed by atoms with Crippen LogP contribution in [0.2, 0.25) is 0 Å². The van der Waals surface area contributed by atoms with E-state index < -0.39 is 0 Å². The quantitative estimate of drug-likeness (QED) is 0.652. The monoisotopic (exact) mass is 355 g/mol. The van der Waals surface area contributed by atoms with Crippen molar-refractivity contribution < 1.29 is 4.79 Å². The molecule has 0 radical (unpaired) electrons. The van der Waals surface area contributed by atoms with E-state index in [1.807, 2.05) is 12.1 Å². The number of carbonyl (C=O) groups excluding carboxylic acids is 1. The highest BCUT2D eigenvalue weighted by Crippen LogP contribution is 2.59. The Kier molecular flexibility index (Phi) is 4.35. The van der Waals surface area contributed by atoms with E-state index in [9.17, 15) is 4.79 Å². The molecular weight excluding hydrogens is 330 g/mol. The second kappa shape index (κ2) is 6.70. The standard InChI is InChI=1S/C25H25NO/c1-17-14-18(2)23(19(3)15-17)26-24(27)22-16-25(22,20-10-6-4-7-11-20)21-12-8-5-9-13-21/h4-15,22H,16H2,1-3H3,(H,26,27)/t22-/m1/s1. The van der Waals surface area contributed by atoms with Gasteiger partial charge in [-0.1, -0.05) is 78.4 Å². The highest BCUT2D eigenvalue weighted by molar-refractivity contribution is 5.98. The minimum Gasteiger partial charge on any atom is -0.325 e. The van der Waals surface area contributed by atoms with Crippen LogP contribution < -0.4 is 5.32 Å². The van der Waals surface area contributed by atoms with Gasteiger partial charge in [-0.2, -0.15) is 0 Å². The molecule has 136 valence electrons. The number of amides is 1. The van der Waals surface area contributed by atoms with Crippen molar-refractivity contribution in [2.75, 3.05) is 5.32 Å². The van der Waals surface area contributed by atoms with Gasteiger partial charge in [-0.15, -0.1) is 0 Å². The van der Waals surface area contributed by atoms with Crippen molar-refractivity contribution in [1.29, 1.82) is 0 Å². The lowest BCUT2D eigenvalue weighted by Gasteiger charge is -2.20. The Bertz CT molecular complexity index is 913. The Morgan fingerprint density at radius 1 is 0.852 bits per heavy atom. The number of hydrogen-bond donors (Lipinski definition) is 1. The molecule has 3 aromatic rings. The first-order valence-electron chi connectivity index (χ1n) is 9.52. The highest BCUT2D eigenvalue weighted by atomic mass is 16.2. The fourth-order valence-corrected chi connectivity index (χ4v) is 4.44. The molecule has 1 aliphatic rings. The van der Waals surface area contributed by atoms with Crippen molar-refractivity contribution in [3.05, 3.63) is 101 Å². The zero-order valence-electron chi connectivity index (χ0n) is 16.1. The van der Waals surface area contributed by atoms with Gasteiger partial charge in [0.2, 0.25) is 5.91 Å². The summed E-state index contributed by atoms with van der Waals surface area (Å²) >= 11 is 0. The Balaban J connectivity index is 1.67. The molecule has 0 heterocycles. The summed E-state index contributed by atoms with van der Waals surface area (Å²) in [6, 6.07) is 25.1. The molecule has 2 nitrogen and oxygen atoms in total. The van der Waals surface area contributed by atoms with Crippen LogP contribution in [0.25, 0.3) is 0 Å². The summed E-state index contributed by atoms with van der Waals surface area (Å²) in [6.07, 6.45) is 0.844. The van der Waals surface area contributed by atoms with Crippen LogP contribution in [0, 0.1) is 26.7 Å². The minimum atomic E-state index is -0.223. The number of aryl methyl sites for hydroxylation is 3. The summed E-state index contributed by atoms with van der Waals surface area (Å²) < 4.78 is 0. The first-order chi connectivity index (χ1) is 13.0. The van der Waals surface area contributed by atoms with Crippen LogP contribution in [0.5, 0.6) is 0 Å². The maximum Gasteiger partial charge on any atom is 0.228 e. The topological polar surface area (TPSA) is 29.1 Å². The van der Waals surface area contributed by atoms with Gasteiger partial charge in [0.25, 0.3) is 0 Å². The Morgan fingerprint density at radius 3 is 1.81 bits per heavy atom. The average Bonchev–Trinajstić information content (AvgIpc) is 3.43. The fraction of sp³-hybridized carbons (Fsp3) is 0.240. The molecule has 1 atom stereocenters. The Hall–Kier alpha value is -2.87. The van der Waals surface area contributed by atoms with Gasteiger partial charge in [-0.3, -0.25) is 4.79 Å². The molecule has 27 heavy (non-hydrogen) atoms. The van der Waals surface area contributed by atoms with E-state index >= 15 is 0 Å². The van der Waals surface area contributed by atoms with Crippen LogP contribution in [0.15, 0.2) is 72.8 Å². The fourth-order valence-electron chi connectivity index (χ4n) is 4.44. The van der Waals surface area contributed by atoms with Crippen LogP contribution in [-0.4, -0.2) is 5.91 Å². The number of benzene rings is 3. The summed E-state index contributed by atoms with van der Waals surface area (Å²) in [7, 11) is 0. The Morgan fingerprint density at radius 2 is 1.33 bits per heavy atom. The molecule has 0 aliphatic heterocycles. The summed E-state index contributed by atoms with van der Waals surface area (Å²) in [6.45, 7) is 6.20. The second-order valence-electron chi connectivity index (χ2n) is 7.72. The van der Waals surface area contributed by atoms with Crippen LogP contribution >= 0.6 is 0 Å². The minimum absolute atomic E-state index is 0.0533. The molecule has 3 aromatic carbocycles. The number of anilines is 1. The third-order valence-corrected chi connectivity index (χ3v) is 5.78. The van der Waals surface area contributed by atoms with Crippen molar-refractivity contribution in [2.45, 2.75) is 32.6 Å². The smallest absolute Gasteiger partial charge is 0.228 e. The van der Waals surface area contributed by atoms with Crippen LogP contribution in [0.3, 0.4) is 0 Å². The molecule has 1 aliphatic carbocycles. The van der Waals surface area contributed by atoms with Gasteiger partial charge in [-0.05, 0) is 49.4 Å². The third kappa shape index (κ3) is 3.06. The zero-order valence-corrected chi connectivity index (χ0v) is 16.1. The molecule has 2 heteroatoms. The van der Waals surface area contributed by atoms with E-state index in [1.165, 1.54) is 16.7 Å². The lowest BCUT2D eigenvalue weighted by molar-refractivity contribution is -0.117. The summed E-state index contributed by atoms with van der Waals surface area (Å²) in [5.74, 6) is 0.0557. The molecule has 1 N–H and O–H groups in total. The van der Waals surface area contributed by atoms with Crippen molar-refractivity contribution in [3.63, 3.8) is 0 Å². The van der Waals surface area contributed by atoms with Gasteiger partial charge < -0.3 is 5.32 Å². The van der Waals surface area contributed by atoms with E-state index in [0.717, 1.165) is 23.2 Å². The molecule has 0 unspecified atom stereocenters. The molecule has 4 rings (SSSR count). The third-order valence-electron chi connectivity index (χ3n) is 5.78. The molecule has 0 saturated heterocycles. The maximum absolute atomic E-state index is 13.2. The van der Waals surface area contributed by atoms with Gasteiger partial charge in [0.05, 0.1) is 5.92 Å². The van der Waals surface area contributed by atoms with Crippen molar-refractivity contribution in [3.8, 4) is 0 Å². The number of carbonyl (C=O) groups is 1. The van der Waals surface area contributed by atoms with Gasteiger partial charge in [0.15, 0.2) is 0 Å². The summed E-state index contributed by atoms with van der Waals surface area (Å²) in [5.41, 5.74) is 6.62. The first kappa shape index (κ1) is 17.5. The van der Waals surface area contributed by atoms with Crippen molar-refractivity contribution in [2.24, 2.45) is 5.92 Å². The second-order valence-corrected chi connectivity index (χ2v) is 7.72. The largest absolute Gasteiger partial charge is 0.325 e. The van der Waals surface area contributed by atoms with E-state index in [0.29, 0.717) is 0 Å². The zero-order chi connectivity index (χ0) is 19.0. The van der Waals surface area contributed by atoms with Gasteiger partial charge >= 0.3 is 0 Å². The van der Waals surface area contributed by atoms with Crippen LogP contribution in [0.1, 0.15) is 34.2 Å². The SMILES string of the molecule is Cc1cc(C)c(NC(=O)[C@H]2CC2(c2ccccc2)c2ccccc2)c(C)c1. The van der Waals surface area contributed by atoms with Crippen LogP contribution in [0.4, 0.5) is 5.69 Å². The normalized spacial score (nSPS) is 17.4. The highest BCUT2D eigenvalue weighted by Gasteiger charge is 2.60. The van der Waals surface area contributed by atoms with Gasteiger partial charge in [0.1, 0.15) is 0 Å². The molecule has 0 spiro atoms. The lowest BCUT2D eigenvalue weighted by Crippen LogP contribution is -2.23. The van der Waals surface area contributed by atoms with E-state index in [-0.39, 0.29) is 17.2 Å². The molecular formula is C25H25NO. The maximum atomic E-state index is 13.2. The van der Waals surface area contributed by atoms with Crippen molar-refractivity contribution in [1.82, 2.24) is 0 Å². The summed E-state index contributed by atoms with van der Waals surface area (Å²) in [5, 5.41) is 3.22. The molecule has 1 saturated carbocycles. The summed E-state index contributed by atoms with van der Waals surface area (Å²) in [4.78, 5) is 13.2. The number of rotatable bonds is 4. The predicted molar refractivity (Wildman–Crippen MR) is 111 cm³/mol.